The molecule has 2 heterocycles. The van der Waals surface area contributed by atoms with Gasteiger partial charge in [0.15, 0.2) is 5.13 Å². The molecule has 2 rings (SSSR count). The van der Waals surface area contributed by atoms with Crippen molar-refractivity contribution in [1.29, 1.82) is 0 Å². The van der Waals surface area contributed by atoms with E-state index in [-0.39, 0.29) is 12.5 Å². The van der Waals surface area contributed by atoms with Gasteiger partial charge in [-0.1, -0.05) is 0 Å². The van der Waals surface area contributed by atoms with E-state index in [4.69, 9.17) is 9.47 Å². The minimum Gasteiger partial charge on any atom is -0.382 e. The van der Waals surface area contributed by atoms with Gasteiger partial charge in [0.25, 0.3) is 5.91 Å². The van der Waals surface area contributed by atoms with Crippen molar-refractivity contribution in [3.05, 3.63) is 10.6 Å². The fourth-order valence-corrected chi connectivity index (χ4v) is 2.43. The van der Waals surface area contributed by atoms with E-state index in [9.17, 15) is 4.79 Å². The van der Waals surface area contributed by atoms with Crippen LogP contribution in [0.15, 0.2) is 0 Å². The fraction of sp³-hybridized carbons (Fsp3) is 0.600. The number of hydrogen-bond donors (Lipinski definition) is 2. The van der Waals surface area contributed by atoms with Crippen molar-refractivity contribution in [3.63, 3.8) is 0 Å². The van der Waals surface area contributed by atoms with Gasteiger partial charge in [0.05, 0.1) is 18.9 Å². The summed E-state index contributed by atoms with van der Waals surface area (Å²) in [5.41, 5.74) is 1.03. The molecule has 0 fully saturated rings. The molecular weight excluding hydrogens is 242 g/mol. The van der Waals surface area contributed by atoms with Crippen LogP contribution >= 0.6 is 11.3 Å². The SMILES string of the molecule is COCCOCC(=O)Nc1nc2c(s1)CNC2. The Balaban J connectivity index is 1.74. The second kappa shape index (κ2) is 6.06. The van der Waals surface area contributed by atoms with Gasteiger partial charge in [0.2, 0.25) is 0 Å². The van der Waals surface area contributed by atoms with Crippen molar-refractivity contribution in [3.8, 4) is 0 Å². The number of hydrogen-bond acceptors (Lipinski definition) is 6. The summed E-state index contributed by atoms with van der Waals surface area (Å²) >= 11 is 1.51. The number of fused-ring (bicyclic) bond motifs is 1. The van der Waals surface area contributed by atoms with Gasteiger partial charge in [-0.2, -0.15) is 0 Å². The summed E-state index contributed by atoms with van der Waals surface area (Å²) < 4.78 is 9.92. The number of nitrogens with zero attached hydrogens (tertiary/aromatic N) is 1. The molecule has 0 aromatic carbocycles. The van der Waals surface area contributed by atoms with Crippen LogP contribution in [-0.4, -0.2) is 37.8 Å². The van der Waals surface area contributed by atoms with Crippen molar-refractivity contribution in [2.24, 2.45) is 0 Å². The number of aromatic nitrogens is 1. The third-order valence-electron chi connectivity index (χ3n) is 2.27. The maximum absolute atomic E-state index is 11.5. The number of anilines is 1. The molecule has 17 heavy (non-hydrogen) atoms. The number of carbonyl (C=O) groups excluding carboxylic acids is 1. The van der Waals surface area contributed by atoms with Gasteiger partial charge in [-0.25, -0.2) is 4.98 Å². The van der Waals surface area contributed by atoms with Crippen LogP contribution in [-0.2, 0) is 27.4 Å². The van der Waals surface area contributed by atoms with Gasteiger partial charge < -0.3 is 14.8 Å². The normalized spacial score (nSPS) is 13.7. The first-order chi connectivity index (χ1) is 8.29. The minimum atomic E-state index is -0.179. The zero-order valence-electron chi connectivity index (χ0n) is 9.62. The van der Waals surface area contributed by atoms with Crippen LogP contribution in [0.4, 0.5) is 5.13 Å². The third kappa shape index (κ3) is 3.47. The van der Waals surface area contributed by atoms with Gasteiger partial charge in [0, 0.05) is 25.1 Å². The van der Waals surface area contributed by atoms with E-state index in [2.05, 4.69) is 15.6 Å². The molecule has 0 atom stereocenters. The Morgan fingerprint density at radius 3 is 3.18 bits per heavy atom. The van der Waals surface area contributed by atoms with Crippen LogP contribution in [0.25, 0.3) is 0 Å². The van der Waals surface area contributed by atoms with Crippen molar-refractivity contribution < 1.29 is 14.3 Å². The third-order valence-corrected chi connectivity index (χ3v) is 3.28. The highest BCUT2D eigenvalue weighted by Crippen LogP contribution is 2.26. The summed E-state index contributed by atoms with van der Waals surface area (Å²) in [5, 5.41) is 6.57. The zero-order valence-corrected chi connectivity index (χ0v) is 10.4. The zero-order chi connectivity index (χ0) is 12.1. The van der Waals surface area contributed by atoms with Gasteiger partial charge in [-0.3, -0.25) is 10.1 Å². The lowest BCUT2D eigenvalue weighted by Gasteiger charge is -2.03. The predicted molar refractivity (Wildman–Crippen MR) is 64.0 cm³/mol. The minimum absolute atomic E-state index is 0.0336. The molecule has 0 saturated carbocycles. The van der Waals surface area contributed by atoms with E-state index in [0.29, 0.717) is 18.3 Å². The highest BCUT2D eigenvalue weighted by molar-refractivity contribution is 7.15. The highest BCUT2D eigenvalue weighted by Gasteiger charge is 2.17. The first kappa shape index (κ1) is 12.4. The van der Waals surface area contributed by atoms with Crippen LogP contribution in [0.3, 0.4) is 0 Å². The molecule has 7 heteroatoms. The molecule has 0 radical (unpaired) electrons. The number of thiazole rings is 1. The first-order valence-corrected chi connectivity index (χ1v) is 6.17. The Morgan fingerprint density at radius 2 is 2.41 bits per heavy atom. The molecule has 1 aliphatic heterocycles. The number of rotatable bonds is 6. The molecule has 94 valence electrons. The Labute approximate surface area is 103 Å². The van der Waals surface area contributed by atoms with Crippen LogP contribution in [0, 0.1) is 0 Å². The lowest BCUT2D eigenvalue weighted by atomic mass is 10.4. The van der Waals surface area contributed by atoms with Crippen LogP contribution in [0.2, 0.25) is 0 Å². The second-order valence-electron chi connectivity index (χ2n) is 3.59. The first-order valence-electron chi connectivity index (χ1n) is 5.35. The molecule has 0 aliphatic carbocycles. The second-order valence-corrected chi connectivity index (χ2v) is 4.67. The number of nitrogens with one attached hydrogen (secondary N) is 2. The molecule has 2 N–H and O–H groups in total. The van der Waals surface area contributed by atoms with E-state index in [1.165, 1.54) is 16.2 Å². The number of ether oxygens (including phenoxy) is 2. The van der Waals surface area contributed by atoms with E-state index >= 15 is 0 Å². The molecule has 0 spiro atoms. The summed E-state index contributed by atoms with van der Waals surface area (Å²) in [6, 6.07) is 0. The highest BCUT2D eigenvalue weighted by atomic mass is 32.1. The standard InChI is InChI=1S/C10H15N3O3S/c1-15-2-3-16-6-9(14)13-10-12-7-4-11-5-8(7)17-10/h11H,2-6H2,1H3,(H,12,13,14). The molecule has 0 bridgehead atoms. The largest absolute Gasteiger partial charge is 0.382 e. The summed E-state index contributed by atoms with van der Waals surface area (Å²) in [6.07, 6.45) is 0. The average molecular weight is 257 g/mol. The predicted octanol–water partition coefficient (Wildman–Crippen LogP) is 0.348. The maximum atomic E-state index is 11.5. The van der Waals surface area contributed by atoms with Crippen molar-refractivity contribution in [2.75, 3.05) is 32.2 Å². The number of methoxy groups -OCH3 is 1. The van der Waals surface area contributed by atoms with Gasteiger partial charge >= 0.3 is 0 Å². The van der Waals surface area contributed by atoms with Crippen LogP contribution < -0.4 is 10.6 Å². The molecule has 1 aromatic rings. The lowest BCUT2D eigenvalue weighted by Crippen LogP contribution is -2.19. The Morgan fingerprint density at radius 1 is 1.53 bits per heavy atom. The molecule has 1 aliphatic rings. The van der Waals surface area contributed by atoms with Crippen molar-refractivity contribution >= 4 is 22.4 Å². The average Bonchev–Trinajstić information content (AvgIpc) is 2.84. The quantitative estimate of drug-likeness (QED) is 0.719. The van der Waals surface area contributed by atoms with E-state index < -0.39 is 0 Å². The summed E-state index contributed by atoms with van der Waals surface area (Å²) in [6.45, 7) is 2.57. The van der Waals surface area contributed by atoms with Crippen molar-refractivity contribution in [2.45, 2.75) is 13.1 Å². The molecule has 1 amide bonds. The van der Waals surface area contributed by atoms with Gasteiger partial charge in [0.1, 0.15) is 6.61 Å². The molecule has 1 aromatic heterocycles. The molecule has 0 saturated heterocycles. The van der Waals surface area contributed by atoms with Crippen LogP contribution in [0.5, 0.6) is 0 Å². The summed E-state index contributed by atoms with van der Waals surface area (Å²) in [5.74, 6) is -0.179. The monoisotopic (exact) mass is 257 g/mol. The lowest BCUT2D eigenvalue weighted by molar-refractivity contribution is -0.121. The molecule has 6 nitrogen and oxygen atoms in total. The molecular formula is C10H15N3O3S. The van der Waals surface area contributed by atoms with Crippen LogP contribution in [0.1, 0.15) is 10.6 Å². The Kier molecular flexibility index (Phi) is 4.43. The molecule has 0 unspecified atom stereocenters. The van der Waals surface area contributed by atoms with E-state index in [0.717, 1.165) is 18.8 Å². The maximum Gasteiger partial charge on any atom is 0.252 e. The van der Waals surface area contributed by atoms with Crippen molar-refractivity contribution in [1.82, 2.24) is 10.3 Å². The summed E-state index contributed by atoms with van der Waals surface area (Å²) in [4.78, 5) is 17.0. The fourth-order valence-electron chi connectivity index (χ4n) is 1.47. The van der Waals surface area contributed by atoms with Gasteiger partial charge in [-0.05, 0) is 0 Å². The van der Waals surface area contributed by atoms with Gasteiger partial charge in [-0.15, -0.1) is 11.3 Å². The topological polar surface area (TPSA) is 72.5 Å². The Bertz CT molecular complexity index is 373. The number of carbonyl (C=O) groups is 1. The number of amides is 1. The van der Waals surface area contributed by atoms with E-state index in [1.54, 1.807) is 7.11 Å². The summed E-state index contributed by atoms with van der Waals surface area (Å²) in [7, 11) is 1.59. The Hall–Kier alpha value is -1.02. The smallest absolute Gasteiger partial charge is 0.252 e. The van der Waals surface area contributed by atoms with E-state index in [1.807, 2.05) is 0 Å².